The smallest absolute Gasteiger partial charge is 0.134 e. The molecule has 0 radical (unpaired) electrons. The zero-order valence-electron chi connectivity index (χ0n) is 16.3. The van der Waals surface area contributed by atoms with E-state index in [1.165, 1.54) is 11.1 Å². The highest BCUT2D eigenvalue weighted by Crippen LogP contribution is 2.21. The number of alkyl halides is 1. The maximum absolute atomic E-state index is 6.27. The number of rotatable bonds is 13. The number of hydrogen-bond acceptors (Lipinski definition) is 5. The summed E-state index contributed by atoms with van der Waals surface area (Å²) >= 11 is 6.27. The van der Waals surface area contributed by atoms with Crippen molar-refractivity contribution in [3.63, 3.8) is 0 Å². The summed E-state index contributed by atoms with van der Waals surface area (Å²) in [5.41, 5.74) is 2.36. The van der Waals surface area contributed by atoms with E-state index in [1.54, 1.807) is 0 Å². The number of hydrogen-bond donors (Lipinski definition) is 3. The lowest BCUT2D eigenvalue weighted by Crippen LogP contribution is -2.28. The van der Waals surface area contributed by atoms with Gasteiger partial charge in [-0.05, 0) is 50.3 Å². The van der Waals surface area contributed by atoms with Gasteiger partial charge < -0.3 is 10.1 Å². The Hall–Kier alpha value is -1.24. The molecule has 1 aliphatic rings. The van der Waals surface area contributed by atoms with Crippen molar-refractivity contribution in [1.29, 1.82) is 0 Å². The van der Waals surface area contributed by atoms with Crippen molar-refractivity contribution in [2.45, 2.75) is 57.0 Å². The molecule has 0 spiro atoms. The van der Waals surface area contributed by atoms with Crippen LogP contribution in [-0.4, -0.2) is 37.6 Å². The van der Waals surface area contributed by atoms with Crippen LogP contribution >= 0.6 is 11.6 Å². The highest BCUT2D eigenvalue weighted by molar-refractivity contribution is 6.20. The predicted octanol–water partition coefficient (Wildman–Crippen LogP) is 3.71. The predicted molar refractivity (Wildman–Crippen MR) is 114 cm³/mol. The Morgan fingerprint density at radius 3 is 2.89 bits per heavy atom. The molecule has 5 nitrogen and oxygen atoms in total. The Morgan fingerprint density at radius 1 is 1.37 bits per heavy atom. The Labute approximate surface area is 168 Å². The summed E-state index contributed by atoms with van der Waals surface area (Å²) in [6.07, 6.45) is 8.17. The normalized spacial score (nSPS) is 21.0. The van der Waals surface area contributed by atoms with E-state index in [1.807, 2.05) is 12.3 Å². The van der Waals surface area contributed by atoms with Crippen LogP contribution in [0.4, 0.5) is 0 Å². The minimum absolute atomic E-state index is 0.0229. The van der Waals surface area contributed by atoms with Crippen LogP contribution in [0.5, 0.6) is 0 Å². The molecule has 0 amide bonds. The maximum atomic E-state index is 6.27. The van der Waals surface area contributed by atoms with Crippen molar-refractivity contribution in [2.75, 3.05) is 19.8 Å². The SMILES string of the molecule is C=CCCC/C=N\CNC(Cl)CCNCc1ccc(C2NCC(C)O2)cc1. The highest BCUT2D eigenvalue weighted by Gasteiger charge is 2.21. The molecule has 1 heterocycles. The van der Waals surface area contributed by atoms with E-state index in [4.69, 9.17) is 16.3 Å². The number of benzene rings is 1. The number of nitrogens with one attached hydrogen (secondary N) is 3. The van der Waals surface area contributed by atoms with E-state index in [0.29, 0.717) is 6.67 Å². The topological polar surface area (TPSA) is 57.7 Å². The third kappa shape index (κ3) is 9.00. The molecule has 150 valence electrons. The van der Waals surface area contributed by atoms with Crippen molar-refractivity contribution in [2.24, 2.45) is 4.99 Å². The van der Waals surface area contributed by atoms with Crippen LogP contribution in [0.3, 0.4) is 0 Å². The lowest BCUT2D eigenvalue weighted by Gasteiger charge is -2.13. The van der Waals surface area contributed by atoms with E-state index >= 15 is 0 Å². The van der Waals surface area contributed by atoms with Crippen molar-refractivity contribution >= 4 is 17.8 Å². The average molecular weight is 393 g/mol. The first-order valence-corrected chi connectivity index (χ1v) is 10.3. The molecule has 27 heavy (non-hydrogen) atoms. The summed E-state index contributed by atoms with van der Waals surface area (Å²) in [5.74, 6) is 0. The molecule has 0 bridgehead atoms. The number of nitrogens with zero attached hydrogens (tertiary/aromatic N) is 1. The van der Waals surface area contributed by atoms with Crippen molar-refractivity contribution in [1.82, 2.24) is 16.0 Å². The minimum atomic E-state index is -0.0715. The van der Waals surface area contributed by atoms with Gasteiger partial charge in [-0.25, -0.2) is 0 Å². The van der Waals surface area contributed by atoms with Crippen LogP contribution in [0.2, 0.25) is 0 Å². The molecule has 3 N–H and O–H groups in total. The van der Waals surface area contributed by atoms with Gasteiger partial charge in [-0.15, -0.1) is 18.2 Å². The van der Waals surface area contributed by atoms with E-state index in [9.17, 15) is 0 Å². The molecule has 1 aromatic carbocycles. The first kappa shape index (κ1) is 22.1. The molecule has 0 aliphatic carbocycles. The lowest BCUT2D eigenvalue weighted by atomic mass is 10.1. The molecule has 2 rings (SSSR count). The zero-order chi connectivity index (χ0) is 19.3. The molecule has 1 saturated heterocycles. The lowest BCUT2D eigenvalue weighted by molar-refractivity contribution is 0.0510. The Balaban J connectivity index is 1.53. The quantitative estimate of drug-likeness (QED) is 0.157. The van der Waals surface area contributed by atoms with Crippen molar-refractivity contribution in [3.8, 4) is 0 Å². The van der Waals surface area contributed by atoms with Crippen LogP contribution in [0.15, 0.2) is 41.9 Å². The highest BCUT2D eigenvalue weighted by atomic mass is 35.5. The standard InChI is InChI=1S/C21H33ClN4O/c1-3-4-5-6-12-24-16-26-20(22)11-13-23-15-18-7-9-19(10-8-18)21-25-14-17(2)27-21/h3,7-10,12,17,20-21,23,25-26H,1,4-6,11,13-16H2,2H3/b24-12-. The summed E-state index contributed by atoms with van der Waals surface area (Å²) < 4.78 is 5.81. The summed E-state index contributed by atoms with van der Waals surface area (Å²) in [4.78, 5) is 4.31. The Morgan fingerprint density at radius 2 is 2.19 bits per heavy atom. The van der Waals surface area contributed by atoms with Crippen LogP contribution < -0.4 is 16.0 Å². The third-order valence-electron chi connectivity index (χ3n) is 4.42. The molecule has 6 heteroatoms. The first-order chi connectivity index (χ1) is 13.2. The van der Waals surface area contributed by atoms with Gasteiger partial charge in [0.05, 0.1) is 18.3 Å². The Kier molecular flexibility index (Phi) is 10.6. The first-order valence-electron chi connectivity index (χ1n) is 9.84. The number of ether oxygens (including phenoxy) is 1. The van der Waals surface area contributed by atoms with Gasteiger partial charge in [0, 0.05) is 19.3 Å². The number of aliphatic imine (C=N–C) groups is 1. The van der Waals surface area contributed by atoms with Gasteiger partial charge >= 0.3 is 0 Å². The zero-order valence-corrected chi connectivity index (χ0v) is 17.0. The second kappa shape index (κ2) is 13.0. The minimum Gasteiger partial charge on any atom is -0.355 e. The van der Waals surface area contributed by atoms with E-state index in [2.05, 4.69) is 58.7 Å². The number of allylic oxidation sites excluding steroid dienone is 1. The summed E-state index contributed by atoms with van der Waals surface area (Å²) in [6, 6.07) is 8.55. The van der Waals surface area contributed by atoms with Gasteiger partial charge in [-0.1, -0.05) is 30.3 Å². The molecule has 0 aromatic heterocycles. The fourth-order valence-corrected chi connectivity index (χ4v) is 3.01. The fourth-order valence-electron chi connectivity index (χ4n) is 2.83. The molecule has 1 aromatic rings. The van der Waals surface area contributed by atoms with Crippen LogP contribution in [0.1, 0.15) is 50.0 Å². The molecule has 1 aliphatic heterocycles. The number of halogens is 1. The molecular weight excluding hydrogens is 360 g/mol. The summed E-state index contributed by atoms with van der Waals surface area (Å²) in [7, 11) is 0. The van der Waals surface area contributed by atoms with Crippen molar-refractivity contribution < 1.29 is 4.74 Å². The Bertz CT molecular complexity index is 564. The van der Waals surface area contributed by atoms with Gasteiger partial charge in [0.25, 0.3) is 0 Å². The molecule has 3 unspecified atom stereocenters. The van der Waals surface area contributed by atoms with Gasteiger partial charge in [-0.3, -0.25) is 15.6 Å². The van der Waals surface area contributed by atoms with Crippen LogP contribution in [0, 0.1) is 0 Å². The van der Waals surface area contributed by atoms with Crippen LogP contribution in [0.25, 0.3) is 0 Å². The van der Waals surface area contributed by atoms with E-state index in [-0.39, 0.29) is 17.8 Å². The fraction of sp³-hybridized carbons (Fsp3) is 0.571. The maximum Gasteiger partial charge on any atom is 0.134 e. The number of unbranched alkanes of at least 4 members (excludes halogenated alkanes) is 2. The van der Waals surface area contributed by atoms with Crippen molar-refractivity contribution in [3.05, 3.63) is 48.0 Å². The van der Waals surface area contributed by atoms with Gasteiger partial charge in [0.1, 0.15) is 6.23 Å². The molecular formula is C21H33ClN4O. The van der Waals surface area contributed by atoms with E-state index in [0.717, 1.165) is 45.3 Å². The van der Waals surface area contributed by atoms with Gasteiger partial charge in [0.15, 0.2) is 0 Å². The molecule has 0 saturated carbocycles. The molecule has 3 atom stereocenters. The summed E-state index contributed by atoms with van der Waals surface area (Å²) in [5, 5.41) is 10.0. The average Bonchev–Trinajstić information content (AvgIpc) is 3.11. The largest absolute Gasteiger partial charge is 0.355 e. The van der Waals surface area contributed by atoms with E-state index < -0.39 is 0 Å². The summed E-state index contributed by atoms with van der Waals surface area (Å²) in [6.45, 7) is 8.96. The van der Waals surface area contributed by atoms with Gasteiger partial charge in [0.2, 0.25) is 0 Å². The second-order valence-corrected chi connectivity index (χ2v) is 7.38. The monoisotopic (exact) mass is 392 g/mol. The molecule has 1 fully saturated rings. The third-order valence-corrected chi connectivity index (χ3v) is 4.79. The second-order valence-electron chi connectivity index (χ2n) is 6.86. The van der Waals surface area contributed by atoms with Gasteiger partial charge in [-0.2, -0.15) is 0 Å². The van der Waals surface area contributed by atoms with Crippen LogP contribution in [-0.2, 0) is 11.3 Å².